The molecule has 7 nitrogen and oxygen atoms in total. The second kappa shape index (κ2) is 9.45. The van der Waals surface area contributed by atoms with E-state index in [0.717, 1.165) is 24.2 Å². The molecule has 2 aromatic carbocycles. The van der Waals surface area contributed by atoms with Gasteiger partial charge in [0.2, 0.25) is 10.9 Å². The maximum Gasteiger partial charge on any atom is 0.286 e. The fourth-order valence-corrected chi connectivity index (χ4v) is 4.63. The van der Waals surface area contributed by atoms with Gasteiger partial charge in [-0.1, -0.05) is 41.1 Å². The minimum absolute atomic E-state index is 0.0350. The molecule has 0 radical (unpaired) electrons. The van der Waals surface area contributed by atoms with Crippen LogP contribution in [0.25, 0.3) is 0 Å². The largest absolute Gasteiger partial charge is 0.497 e. The number of hydrogen-bond acceptors (Lipinski definition) is 6. The first-order valence-corrected chi connectivity index (χ1v) is 11.1. The van der Waals surface area contributed by atoms with E-state index in [2.05, 4.69) is 15.5 Å². The zero-order valence-corrected chi connectivity index (χ0v) is 18.4. The monoisotopic (exact) mass is 456 g/mol. The Morgan fingerprint density at radius 3 is 2.77 bits per heavy atom. The highest BCUT2D eigenvalue weighted by molar-refractivity contribution is 7.13. The fourth-order valence-electron chi connectivity index (χ4n) is 3.55. The number of nitrogens with one attached hydrogen (secondary N) is 1. The summed E-state index contributed by atoms with van der Waals surface area (Å²) in [5.41, 5.74) is 1.52. The number of rotatable bonds is 6. The van der Waals surface area contributed by atoms with E-state index in [1.54, 1.807) is 31.4 Å². The van der Waals surface area contributed by atoms with E-state index < -0.39 is 0 Å². The van der Waals surface area contributed by atoms with Gasteiger partial charge < -0.3 is 15.0 Å². The van der Waals surface area contributed by atoms with E-state index in [4.69, 9.17) is 16.3 Å². The van der Waals surface area contributed by atoms with Crippen LogP contribution in [0, 0.1) is 0 Å². The number of aromatic nitrogens is 2. The third-order valence-electron chi connectivity index (χ3n) is 5.09. The molecular formula is C22H21ClN4O3S. The van der Waals surface area contributed by atoms with Crippen molar-refractivity contribution in [2.24, 2.45) is 0 Å². The van der Waals surface area contributed by atoms with E-state index in [9.17, 15) is 9.59 Å². The van der Waals surface area contributed by atoms with Gasteiger partial charge in [-0.3, -0.25) is 9.59 Å². The van der Waals surface area contributed by atoms with Crippen molar-refractivity contribution in [2.45, 2.75) is 25.3 Å². The highest BCUT2D eigenvalue weighted by Gasteiger charge is 2.33. The van der Waals surface area contributed by atoms with Crippen LogP contribution in [0.15, 0.2) is 48.5 Å². The summed E-state index contributed by atoms with van der Waals surface area (Å²) in [6.45, 7) is 0.670. The summed E-state index contributed by atoms with van der Waals surface area (Å²) in [5.74, 6) is 0.445. The predicted molar refractivity (Wildman–Crippen MR) is 120 cm³/mol. The lowest BCUT2D eigenvalue weighted by Crippen LogP contribution is -2.31. The molecule has 0 saturated carbocycles. The molecule has 1 atom stereocenters. The Bertz CT molecular complexity index is 1090. The Morgan fingerprint density at radius 1 is 1.23 bits per heavy atom. The summed E-state index contributed by atoms with van der Waals surface area (Å²) in [5, 5.41) is 12.5. The van der Waals surface area contributed by atoms with Crippen molar-refractivity contribution >= 4 is 40.4 Å². The summed E-state index contributed by atoms with van der Waals surface area (Å²) >= 11 is 7.18. The number of carbonyl (C=O) groups excluding carboxylic acids is 2. The van der Waals surface area contributed by atoms with Crippen LogP contribution in [0.3, 0.4) is 0 Å². The molecule has 1 fully saturated rings. The molecule has 1 saturated heterocycles. The zero-order chi connectivity index (χ0) is 21.8. The van der Waals surface area contributed by atoms with Crippen LogP contribution < -0.4 is 10.1 Å². The van der Waals surface area contributed by atoms with Crippen LogP contribution in [0.4, 0.5) is 5.69 Å². The molecule has 0 aliphatic carbocycles. The van der Waals surface area contributed by atoms with Crippen LogP contribution in [-0.4, -0.2) is 40.6 Å². The summed E-state index contributed by atoms with van der Waals surface area (Å²) in [4.78, 5) is 27.3. The minimum Gasteiger partial charge on any atom is -0.497 e. The lowest BCUT2D eigenvalue weighted by molar-refractivity contribution is -0.131. The quantitative estimate of drug-likeness (QED) is 0.595. The normalized spacial score (nSPS) is 15.7. The molecule has 4 rings (SSSR count). The Balaban J connectivity index is 1.43. The van der Waals surface area contributed by atoms with E-state index in [0.29, 0.717) is 28.7 Å². The lowest BCUT2D eigenvalue weighted by atomic mass is 10.1. The molecule has 160 valence electrons. The second-order valence-electron chi connectivity index (χ2n) is 7.18. The van der Waals surface area contributed by atoms with E-state index in [1.807, 2.05) is 29.2 Å². The van der Waals surface area contributed by atoms with Gasteiger partial charge in [0.1, 0.15) is 10.8 Å². The third kappa shape index (κ3) is 5.03. The van der Waals surface area contributed by atoms with Gasteiger partial charge in [0.05, 0.1) is 19.6 Å². The molecule has 1 aliphatic heterocycles. The van der Waals surface area contributed by atoms with Crippen LogP contribution in [0.2, 0.25) is 5.02 Å². The molecule has 0 bridgehead atoms. The van der Waals surface area contributed by atoms with Crippen molar-refractivity contribution in [1.82, 2.24) is 15.1 Å². The lowest BCUT2D eigenvalue weighted by Gasteiger charge is -2.22. The third-order valence-corrected chi connectivity index (χ3v) is 6.35. The van der Waals surface area contributed by atoms with Crippen LogP contribution >= 0.6 is 22.9 Å². The van der Waals surface area contributed by atoms with Crippen molar-refractivity contribution < 1.29 is 14.3 Å². The van der Waals surface area contributed by atoms with Crippen molar-refractivity contribution in [3.05, 3.63) is 69.1 Å². The Hall–Kier alpha value is -2.97. The Labute approximate surface area is 189 Å². The molecule has 1 N–H and O–H groups in total. The van der Waals surface area contributed by atoms with Crippen molar-refractivity contribution in [3.63, 3.8) is 0 Å². The van der Waals surface area contributed by atoms with Crippen molar-refractivity contribution in [1.29, 1.82) is 0 Å². The fraction of sp³-hybridized carbons (Fsp3) is 0.273. The maximum absolute atomic E-state index is 12.9. The average molecular weight is 457 g/mol. The first-order chi connectivity index (χ1) is 15.0. The molecule has 3 aromatic rings. The number of likely N-dealkylation sites (tertiary alicyclic amines) is 1. The smallest absolute Gasteiger partial charge is 0.286 e. The summed E-state index contributed by atoms with van der Waals surface area (Å²) in [7, 11) is 1.61. The summed E-state index contributed by atoms with van der Waals surface area (Å²) in [6, 6.07) is 14.2. The highest BCUT2D eigenvalue weighted by atomic mass is 35.5. The van der Waals surface area contributed by atoms with E-state index in [-0.39, 0.29) is 22.9 Å². The summed E-state index contributed by atoms with van der Waals surface area (Å²) < 4.78 is 5.17. The molecule has 31 heavy (non-hydrogen) atoms. The molecule has 9 heteroatoms. The van der Waals surface area contributed by atoms with Gasteiger partial charge in [-0.2, -0.15) is 0 Å². The van der Waals surface area contributed by atoms with Crippen LogP contribution in [-0.2, 0) is 11.2 Å². The number of carbonyl (C=O) groups is 2. The maximum atomic E-state index is 12.9. The molecular weight excluding hydrogens is 436 g/mol. The molecule has 0 spiro atoms. The van der Waals surface area contributed by atoms with Gasteiger partial charge >= 0.3 is 0 Å². The topological polar surface area (TPSA) is 84.4 Å². The number of methoxy groups -OCH3 is 1. The summed E-state index contributed by atoms with van der Waals surface area (Å²) in [6.07, 6.45) is 2.00. The molecule has 2 heterocycles. The standard InChI is InChI=1S/C22H21ClN4O3S/c1-30-17-9-7-14(8-10-17)12-19(28)27-11-3-6-18(27)21-25-26-22(31-21)20(29)24-16-5-2-4-15(23)13-16/h2,4-5,7-10,13,18H,3,6,11-12H2,1H3,(H,24,29). The van der Waals surface area contributed by atoms with Gasteiger partial charge in [-0.15, -0.1) is 10.2 Å². The number of nitrogens with zero attached hydrogens (tertiary/aromatic N) is 3. The second-order valence-corrected chi connectivity index (χ2v) is 8.63. The predicted octanol–water partition coefficient (Wildman–Crippen LogP) is 4.36. The molecule has 1 aromatic heterocycles. The molecule has 2 amide bonds. The van der Waals surface area contributed by atoms with E-state index in [1.165, 1.54) is 11.3 Å². The number of benzene rings is 2. The zero-order valence-electron chi connectivity index (χ0n) is 16.9. The first kappa shape index (κ1) is 21.3. The molecule has 1 aliphatic rings. The number of ether oxygens (including phenoxy) is 1. The number of anilines is 1. The average Bonchev–Trinajstić information content (AvgIpc) is 3.44. The number of hydrogen-bond donors (Lipinski definition) is 1. The minimum atomic E-state index is -0.347. The van der Waals surface area contributed by atoms with Crippen LogP contribution in [0.1, 0.15) is 39.3 Å². The highest BCUT2D eigenvalue weighted by Crippen LogP contribution is 2.34. The van der Waals surface area contributed by atoms with Crippen LogP contribution in [0.5, 0.6) is 5.75 Å². The SMILES string of the molecule is COc1ccc(CC(=O)N2CCCC2c2nnc(C(=O)Nc3cccc(Cl)c3)s2)cc1. The van der Waals surface area contributed by atoms with Gasteiger partial charge in [0.25, 0.3) is 5.91 Å². The molecule has 1 unspecified atom stereocenters. The van der Waals surface area contributed by atoms with E-state index >= 15 is 0 Å². The Morgan fingerprint density at radius 2 is 2.03 bits per heavy atom. The van der Waals surface area contributed by atoms with Crippen molar-refractivity contribution in [3.8, 4) is 5.75 Å². The first-order valence-electron chi connectivity index (χ1n) is 9.86. The van der Waals surface area contributed by atoms with Gasteiger partial charge in [-0.05, 0) is 48.7 Å². The number of halogens is 1. The Kier molecular flexibility index (Phi) is 6.48. The van der Waals surface area contributed by atoms with Crippen molar-refractivity contribution in [2.75, 3.05) is 19.0 Å². The van der Waals surface area contributed by atoms with Gasteiger partial charge in [-0.25, -0.2) is 0 Å². The number of amides is 2. The van der Waals surface area contributed by atoms with Gasteiger partial charge in [0, 0.05) is 17.3 Å². The van der Waals surface area contributed by atoms with Gasteiger partial charge in [0.15, 0.2) is 0 Å².